The number of aromatic amines is 1. The molecule has 33 heavy (non-hydrogen) atoms. The molecule has 8 N–H and O–H groups in total. The van der Waals surface area contributed by atoms with Gasteiger partial charge in [-0.05, 0) is 0 Å². The number of rotatable bonds is 7. The van der Waals surface area contributed by atoms with Crippen LogP contribution in [0.3, 0.4) is 0 Å². The average Bonchev–Trinajstić information content (AvgIpc) is 3.22. The number of benzene rings is 1. The Hall–Kier alpha value is -2.32. The van der Waals surface area contributed by atoms with E-state index in [1.807, 2.05) is 24.5 Å². The van der Waals surface area contributed by atoms with Crippen molar-refractivity contribution in [1.29, 1.82) is 0 Å². The van der Waals surface area contributed by atoms with Crippen molar-refractivity contribution >= 4 is 53.1 Å². The fourth-order valence-electron chi connectivity index (χ4n) is 3.74. The fourth-order valence-corrected chi connectivity index (χ4v) is 6.41. The number of H-pyrrole nitrogens is 1. The van der Waals surface area contributed by atoms with E-state index in [9.17, 15) is 14.8 Å². The van der Waals surface area contributed by atoms with Gasteiger partial charge in [-0.25, -0.2) is 0 Å². The summed E-state index contributed by atoms with van der Waals surface area (Å²) < 4.78 is 6.40. The molecule has 10 heteroatoms. The predicted octanol–water partition coefficient (Wildman–Crippen LogP) is 1.37. The SMILES string of the molecule is CSNc1ccc2c(c1)P(C)(C)(O)[NH+]=C(/C(C(=O)[NH2+]CCC(C)(C)C)=C(\O)c1ccc[nH]1)N2. The zero-order valence-electron chi connectivity index (χ0n) is 20.1. The summed E-state index contributed by atoms with van der Waals surface area (Å²) in [7, 11) is 0. The molecule has 2 aromatic rings. The van der Waals surface area contributed by atoms with Crippen LogP contribution < -0.4 is 25.4 Å². The number of amidine groups is 1. The van der Waals surface area contributed by atoms with E-state index >= 15 is 0 Å². The number of quaternary nitrogens is 1. The Kier molecular flexibility index (Phi) is 7.01. The monoisotopic (exact) mass is 493 g/mol. The molecule has 180 valence electrons. The van der Waals surface area contributed by atoms with Crippen LogP contribution in [-0.2, 0) is 4.79 Å². The van der Waals surface area contributed by atoms with Gasteiger partial charge in [-0.3, -0.25) is 0 Å². The molecule has 8 nitrogen and oxygen atoms in total. The van der Waals surface area contributed by atoms with Gasteiger partial charge in [0, 0.05) is 0 Å². The summed E-state index contributed by atoms with van der Waals surface area (Å²) in [5.41, 5.74) is 2.17. The molecule has 1 aromatic carbocycles. The number of aromatic nitrogens is 1. The van der Waals surface area contributed by atoms with E-state index in [0.717, 1.165) is 17.4 Å². The second-order valence-electron chi connectivity index (χ2n) is 10.2. The Morgan fingerprint density at radius 3 is 2.61 bits per heavy atom. The molecule has 0 fully saturated rings. The first-order chi connectivity index (χ1) is 15.3. The van der Waals surface area contributed by atoms with Crippen molar-refractivity contribution in [3.8, 4) is 0 Å². The molecule has 0 bridgehead atoms. The molecule has 0 radical (unpaired) electrons. The Labute approximate surface area is 199 Å². The van der Waals surface area contributed by atoms with Gasteiger partial charge in [0.25, 0.3) is 0 Å². The van der Waals surface area contributed by atoms with E-state index < -0.39 is 6.98 Å². The predicted molar refractivity (Wildman–Crippen MR) is 140 cm³/mol. The molecule has 0 atom stereocenters. The molecule has 1 aliphatic rings. The van der Waals surface area contributed by atoms with Gasteiger partial charge in [0.15, 0.2) is 0 Å². The summed E-state index contributed by atoms with van der Waals surface area (Å²) in [6.45, 7) is 6.84. The van der Waals surface area contributed by atoms with E-state index in [-0.39, 0.29) is 22.7 Å². The van der Waals surface area contributed by atoms with Gasteiger partial charge in [-0.1, -0.05) is 0 Å². The Balaban J connectivity index is 2.06. The zero-order chi connectivity index (χ0) is 24.5. The summed E-state index contributed by atoms with van der Waals surface area (Å²) in [5, 5.41) is 16.7. The number of nitrogens with one attached hydrogen (secondary N) is 4. The summed E-state index contributed by atoms with van der Waals surface area (Å²) in [6, 6.07) is 9.14. The van der Waals surface area contributed by atoms with Crippen LogP contribution >= 0.6 is 18.9 Å². The van der Waals surface area contributed by atoms with Crippen molar-refractivity contribution in [2.45, 2.75) is 27.2 Å². The Bertz CT molecular complexity index is 1100. The van der Waals surface area contributed by atoms with Gasteiger partial charge in [0.1, 0.15) is 0 Å². The van der Waals surface area contributed by atoms with Crippen molar-refractivity contribution in [1.82, 2.24) is 4.98 Å². The van der Waals surface area contributed by atoms with Crippen LogP contribution in [-0.4, -0.2) is 52.9 Å². The molecule has 1 amide bonds. The van der Waals surface area contributed by atoms with Crippen LogP contribution in [0.2, 0.25) is 0 Å². The molecule has 0 saturated carbocycles. The van der Waals surface area contributed by atoms with Gasteiger partial charge in [-0.15, -0.1) is 0 Å². The zero-order valence-corrected chi connectivity index (χ0v) is 21.8. The van der Waals surface area contributed by atoms with Crippen LogP contribution in [0.25, 0.3) is 5.76 Å². The molecule has 0 spiro atoms. The van der Waals surface area contributed by atoms with Crippen LogP contribution in [0.4, 0.5) is 11.4 Å². The van der Waals surface area contributed by atoms with Crippen molar-refractivity contribution in [2.24, 2.45) is 5.41 Å². The number of aliphatic hydroxyl groups is 1. The number of hydrogen-bond acceptors (Lipinski definition) is 6. The van der Waals surface area contributed by atoms with Crippen molar-refractivity contribution < 1.29 is 24.9 Å². The molecule has 0 aliphatic carbocycles. The molecule has 0 unspecified atom stereocenters. The summed E-state index contributed by atoms with van der Waals surface area (Å²) >= 11 is 1.47. The third-order valence-corrected chi connectivity index (χ3v) is 8.55. The molecular weight excluding hydrogens is 457 g/mol. The number of aliphatic hydroxyl groups excluding tert-OH is 1. The molecule has 0 saturated heterocycles. The van der Waals surface area contributed by atoms with Crippen LogP contribution in [0.1, 0.15) is 32.9 Å². The first-order valence-corrected chi connectivity index (χ1v) is 15.2. The Morgan fingerprint density at radius 1 is 1.27 bits per heavy atom. The number of amides is 1. The number of anilines is 2. The third kappa shape index (κ3) is 5.98. The molecule has 3 rings (SSSR count). The standard InChI is InChI=1S/C23H34N5O3PS/c1-23(2,3)11-13-25-22(30)19(20(29)17-8-7-12-24-17)21-26-16-10-9-15(28-33-6)14-18(16)32(4,5,31)27-21/h7-10,12,14,24,28-29,31H,11,13H2,1-6H3,(H,25,30)(H,26,27)/p+2/b20-19+. The summed E-state index contributed by atoms with van der Waals surface area (Å²) in [6.07, 6.45) is 4.45. The van der Waals surface area contributed by atoms with Crippen LogP contribution in [0.5, 0.6) is 0 Å². The third-order valence-electron chi connectivity index (χ3n) is 5.44. The quantitative estimate of drug-likeness (QED) is 0.135. The van der Waals surface area contributed by atoms with Gasteiger partial charge in [0.2, 0.25) is 0 Å². The summed E-state index contributed by atoms with van der Waals surface area (Å²) in [5.74, 6) is -0.192. The Morgan fingerprint density at radius 2 is 2.00 bits per heavy atom. The molecule has 2 heterocycles. The van der Waals surface area contributed by atoms with Crippen LogP contribution in [0.15, 0.2) is 42.1 Å². The van der Waals surface area contributed by atoms with Gasteiger partial charge >= 0.3 is 200 Å². The van der Waals surface area contributed by atoms with Gasteiger partial charge in [-0.2, -0.15) is 0 Å². The first kappa shape index (κ1) is 25.3. The maximum atomic E-state index is 13.4. The maximum absolute atomic E-state index is 13.4. The number of primary amides is 1. The summed E-state index contributed by atoms with van der Waals surface area (Å²) in [4.78, 5) is 28.1. The number of fused-ring (bicyclic) bond motifs is 1. The number of hydrogen-bond donors (Lipinski definition) is 7. The second-order valence-corrected chi connectivity index (χ2v) is 15.6. The first-order valence-electron chi connectivity index (χ1n) is 10.9. The minimum atomic E-state index is -3.65. The van der Waals surface area contributed by atoms with Gasteiger partial charge < -0.3 is 0 Å². The van der Waals surface area contributed by atoms with E-state index in [1.165, 1.54) is 11.9 Å². The van der Waals surface area contributed by atoms with E-state index in [4.69, 9.17) is 0 Å². The second kappa shape index (κ2) is 9.14. The van der Waals surface area contributed by atoms with Crippen molar-refractivity contribution in [2.75, 3.05) is 36.2 Å². The molecule has 1 aliphatic heterocycles. The number of carbonyl (C=O) groups excluding carboxylic acids is 1. The number of nitrogens with two attached hydrogens (primary N) is 1. The van der Waals surface area contributed by atoms with E-state index in [2.05, 4.69) is 40.6 Å². The minimum absolute atomic E-state index is 0.0851. The van der Waals surface area contributed by atoms with Crippen molar-refractivity contribution in [3.05, 3.63) is 47.8 Å². The number of carbonyl (C=O) groups is 1. The van der Waals surface area contributed by atoms with Crippen molar-refractivity contribution in [3.63, 3.8) is 0 Å². The van der Waals surface area contributed by atoms with Gasteiger partial charge in [0.05, 0.1) is 0 Å². The molecule has 1 aromatic heterocycles. The molecular formula is C23H36N5O3PS+2. The van der Waals surface area contributed by atoms with Crippen LogP contribution in [0, 0.1) is 5.41 Å². The topological polar surface area (TPSA) is 128 Å². The van der Waals surface area contributed by atoms with E-state index in [0.29, 0.717) is 23.8 Å². The van der Waals surface area contributed by atoms with E-state index in [1.54, 1.807) is 37.0 Å². The normalized spacial score (nSPS) is 18.6. The fraction of sp³-hybridized carbons (Fsp3) is 0.391. The average molecular weight is 494 g/mol.